The summed E-state index contributed by atoms with van der Waals surface area (Å²) in [7, 11) is -5.57. The van der Waals surface area contributed by atoms with E-state index in [0.29, 0.717) is 38.2 Å². The number of benzene rings is 2. The zero-order valence-electron chi connectivity index (χ0n) is 15.6. The molecule has 0 amide bonds. The second kappa shape index (κ2) is 7.23. The fourth-order valence-electron chi connectivity index (χ4n) is 3.68. The molecule has 0 aromatic heterocycles. The van der Waals surface area contributed by atoms with E-state index >= 15 is 0 Å². The number of nitrogens with one attached hydrogen (secondary N) is 1. The third-order valence-corrected chi connectivity index (χ3v) is 8.80. The van der Waals surface area contributed by atoms with E-state index in [-0.39, 0.29) is 15.8 Å². The topological polar surface area (TPSA) is 86.8 Å². The average Bonchev–Trinajstić information content (AvgIpc) is 2.68. The van der Waals surface area contributed by atoms with Crippen LogP contribution < -0.4 is 4.72 Å². The first-order chi connectivity index (χ1) is 13.3. The van der Waals surface area contributed by atoms with Crippen molar-refractivity contribution in [3.05, 3.63) is 59.7 Å². The molecule has 1 atom stereocenters. The summed E-state index contributed by atoms with van der Waals surface area (Å²) in [5.74, 6) is 0. The highest BCUT2D eigenvalue weighted by Crippen LogP contribution is 2.32. The van der Waals surface area contributed by atoms with Gasteiger partial charge in [0, 0.05) is 26.2 Å². The summed E-state index contributed by atoms with van der Waals surface area (Å²) < 4.78 is 55.7. The Morgan fingerprint density at radius 1 is 1.00 bits per heavy atom. The van der Waals surface area contributed by atoms with E-state index in [1.807, 2.05) is 37.4 Å². The molecular formula is C19H23N3O4S2. The first-order valence-corrected chi connectivity index (χ1v) is 12.1. The Morgan fingerprint density at radius 3 is 2.36 bits per heavy atom. The van der Waals surface area contributed by atoms with Crippen LogP contribution >= 0.6 is 0 Å². The van der Waals surface area contributed by atoms with Gasteiger partial charge in [0.1, 0.15) is 0 Å². The summed E-state index contributed by atoms with van der Waals surface area (Å²) in [5, 5.41) is 0. The number of sulfonamides is 2. The minimum atomic E-state index is -3.80. The lowest BCUT2D eigenvalue weighted by Gasteiger charge is -2.32. The van der Waals surface area contributed by atoms with Gasteiger partial charge in [-0.15, -0.1) is 0 Å². The zero-order chi connectivity index (χ0) is 19.9. The van der Waals surface area contributed by atoms with Crippen LogP contribution in [0.4, 0.5) is 0 Å². The number of fused-ring (bicyclic) bond motifs is 1. The molecule has 7 nitrogen and oxygen atoms in total. The fraction of sp³-hybridized carbons (Fsp3) is 0.368. The van der Waals surface area contributed by atoms with Crippen molar-refractivity contribution in [3.8, 4) is 0 Å². The lowest BCUT2D eigenvalue weighted by atomic mass is 9.99. The summed E-state index contributed by atoms with van der Waals surface area (Å²) in [6, 6.07) is 13.5. The van der Waals surface area contributed by atoms with Crippen molar-refractivity contribution in [2.75, 3.05) is 33.2 Å². The van der Waals surface area contributed by atoms with Crippen LogP contribution in [0.25, 0.3) is 0 Å². The maximum absolute atomic E-state index is 13.0. The van der Waals surface area contributed by atoms with Gasteiger partial charge in [0.15, 0.2) is 0 Å². The number of piperazine rings is 1. The Hall–Kier alpha value is -1.78. The number of hydrogen-bond donors (Lipinski definition) is 1. The summed E-state index contributed by atoms with van der Waals surface area (Å²) in [6.07, 6.45) is 0.480. The Morgan fingerprint density at radius 2 is 1.68 bits per heavy atom. The van der Waals surface area contributed by atoms with E-state index in [1.54, 1.807) is 6.07 Å². The van der Waals surface area contributed by atoms with Crippen LogP contribution in [0.1, 0.15) is 17.2 Å². The maximum atomic E-state index is 13.0. The molecule has 0 aliphatic carbocycles. The molecule has 0 bridgehead atoms. The smallest absolute Gasteiger partial charge is 0.243 e. The molecule has 1 fully saturated rings. The number of rotatable bonds is 3. The SMILES string of the molecule is CN1CCN(S(=O)(=O)c2ccc3c(c2)S(=O)(=O)N[C@H](c2ccccc2)C3)CC1. The minimum Gasteiger partial charge on any atom is -0.304 e. The molecule has 150 valence electrons. The third kappa shape index (κ3) is 3.60. The second-order valence-electron chi connectivity index (χ2n) is 7.27. The Balaban J connectivity index is 1.67. The van der Waals surface area contributed by atoms with Gasteiger partial charge >= 0.3 is 0 Å². The van der Waals surface area contributed by atoms with Crippen LogP contribution in [0, 0.1) is 0 Å². The first-order valence-electron chi connectivity index (χ1n) is 9.16. The molecule has 2 aliphatic heterocycles. The standard InChI is InChI=1S/C19H23N3O4S2/c1-21-9-11-22(12-10-21)28(25,26)17-8-7-16-13-18(15-5-3-2-4-6-15)20-27(23,24)19(16)14-17/h2-8,14,18,20H,9-13H2,1H3/t18-/m0/s1. The Kier molecular flexibility index (Phi) is 5.05. The van der Waals surface area contributed by atoms with Crippen molar-refractivity contribution in [2.24, 2.45) is 0 Å². The molecule has 2 aliphatic rings. The molecule has 0 radical (unpaired) electrons. The lowest BCUT2D eigenvalue weighted by Crippen LogP contribution is -2.47. The molecule has 2 aromatic rings. The van der Waals surface area contributed by atoms with Crippen molar-refractivity contribution in [1.82, 2.24) is 13.9 Å². The largest absolute Gasteiger partial charge is 0.304 e. The van der Waals surface area contributed by atoms with Gasteiger partial charge in [-0.2, -0.15) is 4.31 Å². The molecular weight excluding hydrogens is 398 g/mol. The van der Waals surface area contributed by atoms with Gasteiger partial charge in [-0.1, -0.05) is 36.4 Å². The summed E-state index contributed by atoms with van der Waals surface area (Å²) in [4.78, 5) is 2.14. The van der Waals surface area contributed by atoms with Crippen LogP contribution in [0.5, 0.6) is 0 Å². The van der Waals surface area contributed by atoms with E-state index in [2.05, 4.69) is 9.62 Å². The van der Waals surface area contributed by atoms with Crippen molar-refractivity contribution < 1.29 is 16.8 Å². The Labute approximate surface area is 166 Å². The van der Waals surface area contributed by atoms with Crippen LogP contribution in [0.15, 0.2) is 58.3 Å². The first kappa shape index (κ1) is 19.5. The van der Waals surface area contributed by atoms with E-state index in [1.165, 1.54) is 16.4 Å². The van der Waals surface area contributed by atoms with Crippen LogP contribution in [0.3, 0.4) is 0 Å². The molecule has 2 heterocycles. The molecule has 1 saturated heterocycles. The third-order valence-electron chi connectivity index (χ3n) is 5.35. The van der Waals surface area contributed by atoms with Gasteiger partial charge < -0.3 is 4.90 Å². The predicted octanol–water partition coefficient (Wildman–Crippen LogP) is 1.20. The minimum absolute atomic E-state index is 0.0272. The molecule has 0 unspecified atom stereocenters. The van der Waals surface area contributed by atoms with Crippen molar-refractivity contribution in [3.63, 3.8) is 0 Å². The lowest BCUT2D eigenvalue weighted by molar-refractivity contribution is 0.222. The number of hydrogen-bond acceptors (Lipinski definition) is 5. The highest BCUT2D eigenvalue weighted by molar-refractivity contribution is 7.90. The van der Waals surface area contributed by atoms with E-state index in [4.69, 9.17) is 0 Å². The Bertz CT molecular complexity index is 1080. The average molecular weight is 422 g/mol. The highest BCUT2D eigenvalue weighted by atomic mass is 32.2. The van der Waals surface area contributed by atoms with Gasteiger partial charge in [-0.25, -0.2) is 21.6 Å². The van der Waals surface area contributed by atoms with Crippen LogP contribution in [-0.4, -0.2) is 59.3 Å². The van der Waals surface area contributed by atoms with Gasteiger partial charge in [-0.05, 0) is 36.7 Å². The van der Waals surface area contributed by atoms with Gasteiger partial charge in [-0.3, -0.25) is 0 Å². The molecule has 0 spiro atoms. The van der Waals surface area contributed by atoms with Crippen LogP contribution in [0.2, 0.25) is 0 Å². The van der Waals surface area contributed by atoms with E-state index < -0.39 is 20.0 Å². The molecule has 9 heteroatoms. The van der Waals surface area contributed by atoms with E-state index in [9.17, 15) is 16.8 Å². The molecule has 28 heavy (non-hydrogen) atoms. The highest BCUT2D eigenvalue weighted by Gasteiger charge is 2.33. The summed E-state index contributed by atoms with van der Waals surface area (Å²) >= 11 is 0. The van der Waals surface area contributed by atoms with Gasteiger partial charge in [0.25, 0.3) is 0 Å². The number of nitrogens with zero attached hydrogens (tertiary/aromatic N) is 2. The quantitative estimate of drug-likeness (QED) is 0.805. The van der Waals surface area contributed by atoms with Crippen molar-refractivity contribution >= 4 is 20.0 Å². The normalized spacial score (nSPS) is 23.2. The van der Waals surface area contributed by atoms with Crippen LogP contribution in [-0.2, 0) is 26.5 Å². The molecule has 1 N–H and O–H groups in total. The summed E-state index contributed by atoms with van der Waals surface area (Å²) in [5.41, 5.74) is 1.51. The summed E-state index contributed by atoms with van der Waals surface area (Å²) in [6.45, 7) is 2.11. The van der Waals surface area contributed by atoms with Crippen molar-refractivity contribution in [2.45, 2.75) is 22.3 Å². The molecule has 4 rings (SSSR count). The predicted molar refractivity (Wildman–Crippen MR) is 106 cm³/mol. The monoisotopic (exact) mass is 421 g/mol. The maximum Gasteiger partial charge on any atom is 0.243 e. The van der Waals surface area contributed by atoms with E-state index in [0.717, 1.165) is 5.56 Å². The fourth-order valence-corrected chi connectivity index (χ4v) is 6.70. The van der Waals surface area contributed by atoms with Gasteiger partial charge in [0.05, 0.1) is 15.8 Å². The van der Waals surface area contributed by atoms with Crippen molar-refractivity contribution in [1.29, 1.82) is 0 Å². The molecule has 2 aromatic carbocycles. The van der Waals surface area contributed by atoms with Gasteiger partial charge in [0.2, 0.25) is 20.0 Å². The number of likely N-dealkylation sites (N-methyl/N-ethyl adjacent to an activating group) is 1. The molecule has 0 saturated carbocycles. The zero-order valence-corrected chi connectivity index (χ0v) is 17.2. The second-order valence-corrected chi connectivity index (χ2v) is 10.9.